The van der Waals surface area contributed by atoms with Gasteiger partial charge in [0.2, 0.25) is 0 Å². The van der Waals surface area contributed by atoms with Gasteiger partial charge in [-0.2, -0.15) is 0 Å². The fraction of sp³-hybridized carbons (Fsp3) is 0.733. The molecule has 3 rings (SSSR count). The van der Waals surface area contributed by atoms with Crippen molar-refractivity contribution < 1.29 is 19.4 Å². The van der Waals surface area contributed by atoms with Crippen LogP contribution >= 0.6 is 0 Å². The van der Waals surface area contributed by atoms with Crippen molar-refractivity contribution in [2.45, 2.75) is 45.3 Å². The topological polar surface area (TPSA) is 63.6 Å². The predicted molar refractivity (Wildman–Crippen MR) is 68.1 cm³/mol. The molecule has 0 spiro atoms. The third-order valence-corrected chi connectivity index (χ3v) is 5.66. The Hall–Kier alpha value is -1.16. The highest BCUT2D eigenvalue weighted by molar-refractivity contribution is 5.91. The molecule has 4 heteroatoms. The van der Waals surface area contributed by atoms with Gasteiger partial charge in [0.15, 0.2) is 0 Å². The highest BCUT2D eigenvalue weighted by Crippen LogP contribution is 2.56. The fourth-order valence-electron chi connectivity index (χ4n) is 4.36. The molecule has 1 saturated heterocycles. The summed E-state index contributed by atoms with van der Waals surface area (Å²) in [6.45, 7) is 7.74. The summed E-state index contributed by atoms with van der Waals surface area (Å²) in [5.74, 6) is -0.500. The van der Waals surface area contributed by atoms with Gasteiger partial charge in [-0.15, -0.1) is 0 Å². The lowest BCUT2D eigenvalue weighted by molar-refractivity contribution is -0.173. The van der Waals surface area contributed by atoms with Crippen LogP contribution in [0, 0.1) is 23.2 Å². The molecule has 0 aromatic rings. The summed E-state index contributed by atoms with van der Waals surface area (Å²) in [6, 6.07) is 0. The van der Waals surface area contributed by atoms with Crippen molar-refractivity contribution in [3.63, 3.8) is 0 Å². The summed E-state index contributed by atoms with van der Waals surface area (Å²) in [5, 5.41) is 10.3. The number of hydrogen-bond donors (Lipinski definition) is 1. The van der Waals surface area contributed by atoms with Crippen LogP contribution in [0.4, 0.5) is 0 Å². The number of carbonyl (C=O) groups is 2. The molecule has 104 valence electrons. The van der Waals surface area contributed by atoms with Crippen LogP contribution < -0.4 is 0 Å². The lowest BCUT2D eigenvalue weighted by Crippen LogP contribution is -2.58. The Labute approximate surface area is 112 Å². The molecule has 1 N–H and O–H groups in total. The molecule has 1 heterocycles. The van der Waals surface area contributed by atoms with Gasteiger partial charge in [-0.3, -0.25) is 4.79 Å². The molecule has 2 aliphatic carbocycles. The lowest BCUT2D eigenvalue weighted by atomic mass is 9.52. The molecule has 0 bridgehead atoms. The van der Waals surface area contributed by atoms with Gasteiger partial charge in [0.1, 0.15) is 11.9 Å². The van der Waals surface area contributed by atoms with Crippen LogP contribution in [0.25, 0.3) is 0 Å². The quantitative estimate of drug-likeness (QED) is 0.531. The maximum Gasteiger partial charge on any atom is 0.334 e. The Balaban J connectivity index is 2.02. The van der Waals surface area contributed by atoms with Crippen molar-refractivity contribution in [3.05, 3.63) is 12.2 Å². The molecule has 6 atom stereocenters. The minimum absolute atomic E-state index is 0.0196. The lowest BCUT2D eigenvalue weighted by Gasteiger charge is -2.53. The van der Waals surface area contributed by atoms with Crippen molar-refractivity contribution >= 4 is 11.8 Å². The van der Waals surface area contributed by atoms with Gasteiger partial charge in [-0.1, -0.05) is 20.4 Å². The van der Waals surface area contributed by atoms with Crippen molar-refractivity contribution in [2.75, 3.05) is 0 Å². The number of aliphatic hydroxyl groups is 1. The fourth-order valence-corrected chi connectivity index (χ4v) is 4.36. The molecule has 4 nitrogen and oxygen atoms in total. The van der Waals surface area contributed by atoms with Gasteiger partial charge in [-0.25, -0.2) is 4.79 Å². The first kappa shape index (κ1) is 12.9. The first-order valence-electron chi connectivity index (χ1n) is 6.97. The maximum absolute atomic E-state index is 12.0. The Bertz CT molecular complexity index is 469. The van der Waals surface area contributed by atoms with Crippen LogP contribution in [0.1, 0.15) is 33.1 Å². The summed E-state index contributed by atoms with van der Waals surface area (Å²) in [7, 11) is 0. The Morgan fingerprint density at radius 3 is 2.79 bits per heavy atom. The summed E-state index contributed by atoms with van der Waals surface area (Å²) in [4.78, 5) is 23.8. The molecular formula is C15H20O4. The number of rotatable bonds is 0. The minimum Gasteiger partial charge on any atom is -0.458 e. The Kier molecular flexibility index (Phi) is 2.65. The first-order chi connectivity index (χ1) is 8.86. The summed E-state index contributed by atoms with van der Waals surface area (Å²) < 4.78 is 5.48. The van der Waals surface area contributed by atoms with Crippen molar-refractivity contribution in [1.82, 2.24) is 0 Å². The second-order valence-corrected chi connectivity index (χ2v) is 6.55. The van der Waals surface area contributed by atoms with Gasteiger partial charge >= 0.3 is 5.97 Å². The number of ketones is 1. The molecule has 19 heavy (non-hydrogen) atoms. The van der Waals surface area contributed by atoms with Crippen molar-refractivity contribution in [3.8, 4) is 0 Å². The summed E-state index contributed by atoms with van der Waals surface area (Å²) in [5.41, 5.74) is 0.200. The largest absolute Gasteiger partial charge is 0.458 e. The molecular weight excluding hydrogens is 244 g/mol. The zero-order chi connectivity index (χ0) is 13.9. The number of esters is 1. The maximum atomic E-state index is 12.0. The average molecular weight is 264 g/mol. The van der Waals surface area contributed by atoms with Crippen LogP contribution in [0.15, 0.2) is 12.2 Å². The Morgan fingerprint density at radius 1 is 1.42 bits per heavy atom. The number of hydrogen-bond acceptors (Lipinski definition) is 4. The molecule has 6 unspecified atom stereocenters. The van der Waals surface area contributed by atoms with E-state index >= 15 is 0 Å². The highest BCUT2D eigenvalue weighted by Gasteiger charge is 2.60. The summed E-state index contributed by atoms with van der Waals surface area (Å²) in [6.07, 6.45) is 0.927. The number of carbonyl (C=O) groups excluding carboxylic acids is 2. The number of Topliss-reactive ketones (excluding diaryl/α,β-unsaturated/α-hetero) is 1. The summed E-state index contributed by atoms with van der Waals surface area (Å²) >= 11 is 0. The van der Waals surface area contributed by atoms with Gasteiger partial charge in [0.05, 0.1) is 6.10 Å². The smallest absolute Gasteiger partial charge is 0.334 e. The standard InChI is InChI=1S/C15H20O4/c1-7-9-4-5-15(3)11(17)6-10(16)8(2)12(15)13(9)19-14(7)18/h8-9,11-13,17H,1,4-6H2,2-3H3. The SMILES string of the molecule is C=C1C(=O)OC2C1CCC1(C)C(O)CC(=O)C(C)C21. The molecule has 3 fully saturated rings. The van der Waals surface area contributed by atoms with Gasteiger partial charge in [0.25, 0.3) is 0 Å². The van der Waals surface area contributed by atoms with E-state index in [9.17, 15) is 14.7 Å². The molecule has 0 radical (unpaired) electrons. The monoisotopic (exact) mass is 264 g/mol. The predicted octanol–water partition coefficient (Wildman–Crippen LogP) is 1.47. The molecule has 1 aliphatic heterocycles. The van der Waals surface area contributed by atoms with Crippen molar-refractivity contribution in [2.24, 2.45) is 23.2 Å². The van der Waals surface area contributed by atoms with E-state index in [-0.39, 0.29) is 47.4 Å². The Morgan fingerprint density at radius 2 is 2.11 bits per heavy atom. The van der Waals surface area contributed by atoms with E-state index < -0.39 is 6.10 Å². The molecule has 0 aromatic carbocycles. The number of fused-ring (bicyclic) bond motifs is 3. The van der Waals surface area contributed by atoms with Crippen LogP contribution in [0.3, 0.4) is 0 Å². The molecule has 0 amide bonds. The minimum atomic E-state index is -0.630. The molecule has 0 aromatic heterocycles. The zero-order valence-corrected chi connectivity index (χ0v) is 11.4. The van der Waals surface area contributed by atoms with E-state index in [2.05, 4.69) is 6.58 Å². The van der Waals surface area contributed by atoms with E-state index in [1.54, 1.807) is 0 Å². The number of ether oxygens (including phenoxy) is 1. The second kappa shape index (κ2) is 3.92. The number of aliphatic hydroxyl groups excluding tert-OH is 1. The zero-order valence-electron chi connectivity index (χ0n) is 11.4. The van der Waals surface area contributed by atoms with E-state index in [4.69, 9.17) is 4.74 Å². The van der Waals surface area contributed by atoms with E-state index in [0.29, 0.717) is 5.57 Å². The van der Waals surface area contributed by atoms with Crippen LogP contribution in [-0.4, -0.2) is 29.1 Å². The van der Waals surface area contributed by atoms with Gasteiger partial charge in [0, 0.05) is 35.2 Å². The van der Waals surface area contributed by atoms with E-state index in [0.717, 1.165) is 12.8 Å². The second-order valence-electron chi connectivity index (χ2n) is 6.55. The van der Waals surface area contributed by atoms with Gasteiger partial charge in [-0.05, 0) is 12.8 Å². The van der Waals surface area contributed by atoms with Crippen molar-refractivity contribution in [1.29, 1.82) is 0 Å². The van der Waals surface area contributed by atoms with E-state index in [1.165, 1.54) is 0 Å². The average Bonchev–Trinajstić information content (AvgIpc) is 2.63. The molecule has 3 aliphatic rings. The third kappa shape index (κ3) is 1.55. The van der Waals surface area contributed by atoms with Crippen LogP contribution in [0.5, 0.6) is 0 Å². The van der Waals surface area contributed by atoms with E-state index in [1.807, 2.05) is 13.8 Å². The molecule has 2 saturated carbocycles. The highest BCUT2D eigenvalue weighted by atomic mass is 16.6. The normalized spacial score (nSPS) is 49.6. The first-order valence-corrected chi connectivity index (χ1v) is 6.97. The van der Waals surface area contributed by atoms with Crippen LogP contribution in [-0.2, 0) is 14.3 Å². The van der Waals surface area contributed by atoms with Gasteiger partial charge < -0.3 is 9.84 Å². The van der Waals surface area contributed by atoms with Crippen LogP contribution in [0.2, 0.25) is 0 Å². The third-order valence-electron chi connectivity index (χ3n) is 5.66.